The Hall–Kier alpha value is -0.550. The molecular formula is C14H17BrF3N. The normalized spacial score (nSPS) is 18.8. The van der Waals surface area contributed by atoms with Gasteiger partial charge in [-0.15, -0.1) is 0 Å². The Kier molecular flexibility index (Phi) is 4.56. The standard InChI is InChI=1S/C14H17BrF3N/c1-10-3-2-4-11(13(10)15)9-19-7-5-12(6-8-19)14(16,17)18/h2-4,12H,5-9H2,1H3. The second-order valence-corrected chi connectivity index (χ2v) is 5.93. The van der Waals surface area contributed by atoms with Crippen LogP contribution in [0.4, 0.5) is 13.2 Å². The monoisotopic (exact) mass is 335 g/mol. The molecule has 2 rings (SSSR count). The molecule has 1 fully saturated rings. The van der Waals surface area contributed by atoms with Crippen molar-refractivity contribution in [3.63, 3.8) is 0 Å². The van der Waals surface area contributed by atoms with Crippen molar-refractivity contribution in [3.8, 4) is 0 Å². The average Bonchev–Trinajstić information content (AvgIpc) is 2.35. The minimum atomic E-state index is -4.03. The van der Waals surface area contributed by atoms with Crippen molar-refractivity contribution in [2.75, 3.05) is 13.1 Å². The maximum absolute atomic E-state index is 12.6. The molecule has 0 aromatic heterocycles. The van der Waals surface area contributed by atoms with Gasteiger partial charge in [-0.3, -0.25) is 4.90 Å². The summed E-state index contributed by atoms with van der Waals surface area (Å²) in [5.41, 5.74) is 2.30. The van der Waals surface area contributed by atoms with Crippen LogP contribution in [0.2, 0.25) is 0 Å². The second-order valence-electron chi connectivity index (χ2n) is 5.14. The van der Waals surface area contributed by atoms with Crippen LogP contribution < -0.4 is 0 Å². The molecule has 0 N–H and O–H groups in total. The molecule has 0 spiro atoms. The number of likely N-dealkylation sites (tertiary alicyclic amines) is 1. The molecule has 1 aliphatic rings. The van der Waals surface area contributed by atoms with Crippen LogP contribution in [0.3, 0.4) is 0 Å². The molecule has 1 aromatic rings. The van der Waals surface area contributed by atoms with Crippen molar-refractivity contribution in [2.45, 2.75) is 32.5 Å². The third-order valence-corrected chi connectivity index (χ3v) is 4.85. The number of alkyl halides is 3. The number of nitrogens with zero attached hydrogens (tertiary/aromatic N) is 1. The third-order valence-electron chi connectivity index (χ3n) is 3.72. The summed E-state index contributed by atoms with van der Waals surface area (Å²) in [5, 5.41) is 0. The van der Waals surface area contributed by atoms with Gasteiger partial charge in [0.2, 0.25) is 0 Å². The number of hydrogen-bond acceptors (Lipinski definition) is 1. The Balaban J connectivity index is 1.94. The summed E-state index contributed by atoms with van der Waals surface area (Å²) in [5.74, 6) is -1.12. The first-order valence-corrected chi connectivity index (χ1v) is 7.20. The summed E-state index contributed by atoms with van der Waals surface area (Å²) in [4.78, 5) is 2.10. The Morgan fingerprint density at radius 2 is 1.89 bits per heavy atom. The first kappa shape index (κ1) is 14.9. The van der Waals surface area contributed by atoms with Gasteiger partial charge >= 0.3 is 6.18 Å². The van der Waals surface area contributed by atoms with E-state index in [0.717, 1.165) is 15.6 Å². The fourth-order valence-electron chi connectivity index (χ4n) is 2.49. The first-order valence-electron chi connectivity index (χ1n) is 6.41. The van der Waals surface area contributed by atoms with Crippen LogP contribution in [-0.4, -0.2) is 24.2 Å². The molecule has 106 valence electrons. The largest absolute Gasteiger partial charge is 0.391 e. The van der Waals surface area contributed by atoms with E-state index < -0.39 is 12.1 Å². The van der Waals surface area contributed by atoms with E-state index in [9.17, 15) is 13.2 Å². The van der Waals surface area contributed by atoms with E-state index in [1.165, 1.54) is 0 Å². The molecule has 0 unspecified atom stereocenters. The van der Waals surface area contributed by atoms with E-state index in [4.69, 9.17) is 0 Å². The van der Waals surface area contributed by atoms with E-state index >= 15 is 0 Å². The second kappa shape index (κ2) is 5.83. The van der Waals surface area contributed by atoms with Gasteiger partial charge in [0.05, 0.1) is 5.92 Å². The molecule has 1 aromatic carbocycles. The van der Waals surface area contributed by atoms with Crippen molar-refractivity contribution in [1.82, 2.24) is 4.90 Å². The van der Waals surface area contributed by atoms with Gasteiger partial charge in [-0.05, 0) is 44.0 Å². The van der Waals surface area contributed by atoms with Crippen LogP contribution in [0.25, 0.3) is 0 Å². The van der Waals surface area contributed by atoms with Crippen molar-refractivity contribution in [3.05, 3.63) is 33.8 Å². The molecule has 1 saturated heterocycles. The van der Waals surface area contributed by atoms with E-state index in [2.05, 4.69) is 20.8 Å². The van der Waals surface area contributed by atoms with Crippen LogP contribution in [0.1, 0.15) is 24.0 Å². The number of aryl methyl sites for hydroxylation is 1. The van der Waals surface area contributed by atoms with E-state index in [1.54, 1.807) is 0 Å². The van der Waals surface area contributed by atoms with E-state index in [-0.39, 0.29) is 12.8 Å². The summed E-state index contributed by atoms with van der Waals surface area (Å²) < 4.78 is 38.8. The predicted molar refractivity (Wildman–Crippen MR) is 72.9 cm³/mol. The first-order chi connectivity index (χ1) is 8.88. The van der Waals surface area contributed by atoms with Crippen LogP contribution in [0, 0.1) is 12.8 Å². The summed E-state index contributed by atoms with van der Waals surface area (Å²) in [6.45, 7) is 3.77. The van der Waals surface area contributed by atoms with Gasteiger partial charge in [-0.25, -0.2) is 0 Å². The molecule has 19 heavy (non-hydrogen) atoms. The number of piperidine rings is 1. The van der Waals surface area contributed by atoms with Gasteiger partial charge in [0, 0.05) is 11.0 Å². The third kappa shape index (κ3) is 3.72. The summed E-state index contributed by atoms with van der Waals surface area (Å²) >= 11 is 3.54. The zero-order chi connectivity index (χ0) is 14.0. The predicted octanol–water partition coefficient (Wildman–Crippen LogP) is 4.53. The number of rotatable bonds is 2. The lowest BCUT2D eigenvalue weighted by Gasteiger charge is -2.33. The minimum absolute atomic E-state index is 0.215. The van der Waals surface area contributed by atoms with Crippen molar-refractivity contribution in [1.29, 1.82) is 0 Å². The zero-order valence-corrected chi connectivity index (χ0v) is 12.4. The van der Waals surface area contributed by atoms with E-state index in [0.29, 0.717) is 19.6 Å². The van der Waals surface area contributed by atoms with Gasteiger partial charge < -0.3 is 0 Å². The molecule has 1 heterocycles. The molecule has 0 bridgehead atoms. The number of benzene rings is 1. The fourth-order valence-corrected chi connectivity index (χ4v) is 2.88. The molecule has 0 atom stereocenters. The Morgan fingerprint density at radius 1 is 1.26 bits per heavy atom. The molecule has 0 saturated carbocycles. The highest BCUT2D eigenvalue weighted by molar-refractivity contribution is 9.10. The lowest BCUT2D eigenvalue weighted by Crippen LogP contribution is -2.38. The number of halogens is 4. The van der Waals surface area contributed by atoms with Crippen LogP contribution in [-0.2, 0) is 6.54 Å². The van der Waals surface area contributed by atoms with Crippen molar-refractivity contribution in [2.24, 2.45) is 5.92 Å². The lowest BCUT2D eigenvalue weighted by atomic mass is 9.96. The molecule has 1 nitrogen and oxygen atoms in total. The molecule has 0 radical (unpaired) electrons. The van der Waals surface area contributed by atoms with Gasteiger partial charge in [0.1, 0.15) is 0 Å². The fraction of sp³-hybridized carbons (Fsp3) is 0.571. The summed E-state index contributed by atoms with van der Waals surface area (Å²) in [6.07, 6.45) is -3.60. The van der Waals surface area contributed by atoms with Gasteiger partial charge in [-0.2, -0.15) is 13.2 Å². The zero-order valence-electron chi connectivity index (χ0n) is 10.8. The Morgan fingerprint density at radius 3 is 2.47 bits per heavy atom. The average molecular weight is 336 g/mol. The van der Waals surface area contributed by atoms with Crippen LogP contribution in [0.5, 0.6) is 0 Å². The van der Waals surface area contributed by atoms with Crippen molar-refractivity contribution >= 4 is 15.9 Å². The highest BCUT2D eigenvalue weighted by atomic mass is 79.9. The molecule has 0 amide bonds. The topological polar surface area (TPSA) is 3.24 Å². The highest BCUT2D eigenvalue weighted by Gasteiger charge is 2.40. The minimum Gasteiger partial charge on any atom is -0.299 e. The van der Waals surface area contributed by atoms with Gasteiger partial charge in [0.25, 0.3) is 0 Å². The smallest absolute Gasteiger partial charge is 0.299 e. The summed E-state index contributed by atoms with van der Waals surface area (Å²) in [7, 11) is 0. The van der Waals surface area contributed by atoms with Gasteiger partial charge in [0.15, 0.2) is 0 Å². The number of hydrogen-bond donors (Lipinski definition) is 0. The van der Waals surface area contributed by atoms with Crippen LogP contribution >= 0.6 is 15.9 Å². The molecule has 5 heteroatoms. The highest BCUT2D eigenvalue weighted by Crippen LogP contribution is 2.34. The SMILES string of the molecule is Cc1cccc(CN2CCC(C(F)(F)F)CC2)c1Br. The summed E-state index contributed by atoms with van der Waals surface area (Å²) in [6, 6.07) is 6.02. The molecule has 1 aliphatic heterocycles. The maximum Gasteiger partial charge on any atom is 0.391 e. The quantitative estimate of drug-likeness (QED) is 0.767. The maximum atomic E-state index is 12.6. The van der Waals surface area contributed by atoms with E-state index in [1.807, 2.05) is 25.1 Å². The van der Waals surface area contributed by atoms with Crippen LogP contribution in [0.15, 0.2) is 22.7 Å². The lowest BCUT2D eigenvalue weighted by molar-refractivity contribution is -0.185. The van der Waals surface area contributed by atoms with Gasteiger partial charge in [-0.1, -0.05) is 34.1 Å². The molecule has 0 aliphatic carbocycles. The van der Waals surface area contributed by atoms with Crippen molar-refractivity contribution < 1.29 is 13.2 Å². The molecular weight excluding hydrogens is 319 g/mol. The Bertz CT molecular complexity index is 437. The Labute approximate surface area is 119 Å².